The molecular weight excluding hydrogens is 262 g/mol. The van der Waals surface area contributed by atoms with Gasteiger partial charge in [-0.1, -0.05) is 30.7 Å². The molecule has 0 radical (unpaired) electrons. The standard InChI is InChI=1S/C17H21N3O/c1-12-4-5-14-11-13(2)17(15(14)10-12)19-16(21)6-9-20-8-3-7-18-20/h3-5,7-8,10,13,17H,6,9,11H2,1-2H3,(H,19,21)/t13-,17+/m1/s1. The first kappa shape index (κ1) is 13.9. The number of hydrogen-bond donors (Lipinski definition) is 1. The van der Waals surface area contributed by atoms with Crippen LogP contribution in [-0.4, -0.2) is 15.7 Å². The molecule has 0 aliphatic heterocycles. The van der Waals surface area contributed by atoms with E-state index in [1.165, 1.54) is 16.7 Å². The average Bonchev–Trinajstić information content (AvgIpc) is 3.06. The molecule has 0 fully saturated rings. The summed E-state index contributed by atoms with van der Waals surface area (Å²) in [6.07, 6.45) is 5.12. The van der Waals surface area contributed by atoms with Crippen LogP contribution in [-0.2, 0) is 17.8 Å². The Balaban J connectivity index is 1.65. The van der Waals surface area contributed by atoms with E-state index in [4.69, 9.17) is 0 Å². The molecular formula is C17H21N3O. The molecule has 4 nitrogen and oxygen atoms in total. The summed E-state index contributed by atoms with van der Waals surface area (Å²) in [5, 5.41) is 7.31. The van der Waals surface area contributed by atoms with Crippen LogP contribution in [0.25, 0.3) is 0 Å². The molecule has 0 bridgehead atoms. The topological polar surface area (TPSA) is 46.9 Å². The number of aryl methyl sites for hydroxylation is 2. The van der Waals surface area contributed by atoms with Crippen LogP contribution in [0.15, 0.2) is 36.7 Å². The molecule has 1 amide bonds. The summed E-state index contributed by atoms with van der Waals surface area (Å²) < 4.78 is 1.79. The minimum absolute atomic E-state index is 0.0942. The average molecular weight is 283 g/mol. The minimum Gasteiger partial charge on any atom is -0.349 e. The third-order valence-electron chi connectivity index (χ3n) is 4.19. The first-order chi connectivity index (χ1) is 10.1. The Kier molecular flexibility index (Phi) is 3.78. The van der Waals surface area contributed by atoms with E-state index in [0.717, 1.165) is 6.42 Å². The molecule has 2 atom stereocenters. The molecule has 0 saturated heterocycles. The summed E-state index contributed by atoms with van der Waals surface area (Å²) in [7, 11) is 0. The summed E-state index contributed by atoms with van der Waals surface area (Å²) in [6, 6.07) is 8.56. The lowest BCUT2D eigenvalue weighted by Gasteiger charge is -2.19. The molecule has 1 heterocycles. The second kappa shape index (κ2) is 5.72. The predicted octanol–water partition coefficient (Wildman–Crippen LogP) is 2.63. The fraction of sp³-hybridized carbons (Fsp3) is 0.412. The van der Waals surface area contributed by atoms with Gasteiger partial charge in [0.15, 0.2) is 0 Å². The van der Waals surface area contributed by atoms with Crippen LogP contribution in [0.4, 0.5) is 0 Å². The smallest absolute Gasteiger partial charge is 0.222 e. The van der Waals surface area contributed by atoms with Crippen molar-refractivity contribution in [2.45, 2.75) is 39.3 Å². The normalized spacial score (nSPS) is 20.3. The molecule has 0 spiro atoms. The molecule has 1 aromatic carbocycles. The zero-order valence-electron chi connectivity index (χ0n) is 12.5. The number of carbonyl (C=O) groups is 1. The first-order valence-electron chi connectivity index (χ1n) is 7.49. The third-order valence-corrected chi connectivity index (χ3v) is 4.19. The Morgan fingerprint density at radius 2 is 2.33 bits per heavy atom. The molecule has 1 aliphatic rings. The van der Waals surface area contributed by atoms with Gasteiger partial charge in [0.1, 0.15) is 0 Å². The van der Waals surface area contributed by atoms with Gasteiger partial charge in [-0.05, 0) is 36.5 Å². The van der Waals surface area contributed by atoms with Gasteiger partial charge in [-0.15, -0.1) is 0 Å². The molecule has 21 heavy (non-hydrogen) atoms. The van der Waals surface area contributed by atoms with E-state index in [1.807, 2.05) is 12.3 Å². The SMILES string of the molecule is Cc1ccc2c(c1)[C@@H](NC(=O)CCn1cccn1)[C@H](C)C2. The van der Waals surface area contributed by atoms with Gasteiger partial charge >= 0.3 is 0 Å². The zero-order chi connectivity index (χ0) is 14.8. The lowest BCUT2D eigenvalue weighted by molar-refractivity contribution is -0.122. The van der Waals surface area contributed by atoms with Crippen molar-refractivity contribution in [2.24, 2.45) is 5.92 Å². The van der Waals surface area contributed by atoms with Crippen LogP contribution in [0.1, 0.15) is 36.1 Å². The van der Waals surface area contributed by atoms with Crippen molar-refractivity contribution < 1.29 is 4.79 Å². The highest BCUT2D eigenvalue weighted by Gasteiger charge is 2.30. The number of fused-ring (bicyclic) bond motifs is 1. The van der Waals surface area contributed by atoms with Gasteiger partial charge < -0.3 is 5.32 Å². The van der Waals surface area contributed by atoms with E-state index in [2.05, 4.69) is 42.5 Å². The Morgan fingerprint density at radius 3 is 3.10 bits per heavy atom. The van der Waals surface area contributed by atoms with Crippen molar-refractivity contribution in [3.63, 3.8) is 0 Å². The number of amides is 1. The summed E-state index contributed by atoms with van der Waals surface area (Å²) >= 11 is 0. The Hall–Kier alpha value is -2.10. The molecule has 4 heteroatoms. The van der Waals surface area contributed by atoms with E-state index in [0.29, 0.717) is 18.9 Å². The molecule has 2 aromatic rings. The second-order valence-corrected chi connectivity index (χ2v) is 5.95. The monoisotopic (exact) mass is 283 g/mol. The van der Waals surface area contributed by atoms with Gasteiger partial charge in [-0.25, -0.2) is 0 Å². The highest BCUT2D eigenvalue weighted by Crippen LogP contribution is 2.36. The van der Waals surface area contributed by atoms with Crippen molar-refractivity contribution in [2.75, 3.05) is 0 Å². The summed E-state index contributed by atoms with van der Waals surface area (Å²) in [5.74, 6) is 0.548. The van der Waals surface area contributed by atoms with Crippen LogP contribution in [0.2, 0.25) is 0 Å². The highest BCUT2D eigenvalue weighted by atomic mass is 16.1. The van der Waals surface area contributed by atoms with Gasteiger partial charge in [0.05, 0.1) is 6.04 Å². The highest BCUT2D eigenvalue weighted by molar-refractivity contribution is 5.76. The Morgan fingerprint density at radius 1 is 1.48 bits per heavy atom. The Bertz CT molecular complexity index is 633. The maximum atomic E-state index is 12.2. The lowest BCUT2D eigenvalue weighted by atomic mass is 10.0. The quantitative estimate of drug-likeness (QED) is 0.937. The van der Waals surface area contributed by atoms with Gasteiger partial charge in [0, 0.05) is 25.4 Å². The van der Waals surface area contributed by atoms with Gasteiger partial charge in [-0.2, -0.15) is 5.10 Å². The van der Waals surface area contributed by atoms with Crippen molar-refractivity contribution in [3.8, 4) is 0 Å². The van der Waals surface area contributed by atoms with E-state index in [-0.39, 0.29) is 11.9 Å². The zero-order valence-corrected chi connectivity index (χ0v) is 12.5. The fourth-order valence-corrected chi connectivity index (χ4v) is 3.08. The van der Waals surface area contributed by atoms with E-state index >= 15 is 0 Å². The molecule has 1 aliphatic carbocycles. The maximum Gasteiger partial charge on any atom is 0.222 e. The molecule has 0 unspecified atom stereocenters. The van der Waals surface area contributed by atoms with Crippen LogP contribution in [0.5, 0.6) is 0 Å². The van der Waals surface area contributed by atoms with Crippen LogP contribution in [0, 0.1) is 12.8 Å². The van der Waals surface area contributed by atoms with E-state index in [1.54, 1.807) is 10.9 Å². The number of aromatic nitrogens is 2. The number of carbonyl (C=O) groups excluding carboxylic acids is 1. The Labute approximate surface area is 125 Å². The summed E-state index contributed by atoms with van der Waals surface area (Å²) in [5.41, 5.74) is 3.90. The van der Waals surface area contributed by atoms with Gasteiger partial charge in [-0.3, -0.25) is 9.48 Å². The van der Waals surface area contributed by atoms with E-state index in [9.17, 15) is 4.79 Å². The molecule has 3 rings (SSSR count). The van der Waals surface area contributed by atoms with Crippen LogP contribution < -0.4 is 5.32 Å². The van der Waals surface area contributed by atoms with Crippen molar-refractivity contribution in [1.82, 2.24) is 15.1 Å². The second-order valence-electron chi connectivity index (χ2n) is 5.95. The van der Waals surface area contributed by atoms with Crippen molar-refractivity contribution in [1.29, 1.82) is 0 Å². The lowest BCUT2D eigenvalue weighted by Crippen LogP contribution is -2.31. The number of benzene rings is 1. The molecule has 1 N–H and O–H groups in total. The van der Waals surface area contributed by atoms with E-state index < -0.39 is 0 Å². The molecule has 110 valence electrons. The van der Waals surface area contributed by atoms with Crippen LogP contribution >= 0.6 is 0 Å². The van der Waals surface area contributed by atoms with Gasteiger partial charge in [0.2, 0.25) is 5.91 Å². The summed E-state index contributed by atoms with van der Waals surface area (Å²) in [4.78, 5) is 12.2. The predicted molar refractivity (Wildman–Crippen MR) is 81.8 cm³/mol. The van der Waals surface area contributed by atoms with Crippen molar-refractivity contribution >= 4 is 5.91 Å². The van der Waals surface area contributed by atoms with Gasteiger partial charge in [0.25, 0.3) is 0 Å². The largest absolute Gasteiger partial charge is 0.349 e. The summed E-state index contributed by atoms with van der Waals surface area (Å²) in [6.45, 7) is 4.92. The number of nitrogens with one attached hydrogen (secondary N) is 1. The molecule has 1 aromatic heterocycles. The fourth-order valence-electron chi connectivity index (χ4n) is 3.08. The van der Waals surface area contributed by atoms with Crippen LogP contribution in [0.3, 0.4) is 0 Å². The third kappa shape index (κ3) is 2.99. The first-order valence-corrected chi connectivity index (χ1v) is 7.49. The molecule has 0 saturated carbocycles. The maximum absolute atomic E-state index is 12.2. The number of nitrogens with zero attached hydrogens (tertiary/aromatic N) is 2. The van der Waals surface area contributed by atoms with Crippen molar-refractivity contribution in [3.05, 3.63) is 53.3 Å². The number of rotatable bonds is 4. The number of hydrogen-bond acceptors (Lipinski definition) is 2. The minimum atomic E-state index is 0.0942.